The highest BCUT2D eigenvalue weighted by Gasteiger charge is 2.01. The van der Waals surface area contributed by atoms with Crippen molar-refractivity contribution in [2.75, 3.05) is 7.05 Å². The van der Waals surface area contributed by atoms with Crippen molar-refractivity contribution >= 4 is 18.5 Å². The first kappa shape index (κ1) is 6.82. The molecule has 0 unspecified atom stereocenters. The van der Waals surface area contributed by atoms with Gasteiger partial charge in [-0.3, -0.25) is 4.79 Å². The molecule has 0 saturated carbocycles. The first-order chi connectivity index (χ1) is 3.18. The maximum absolute atomic E-state index is 10.3. The lowest BCUT2D eigenvalue weighted by Crippen LogP contribution is -2.25. The number of nitrogens with one attached hydrogen (secondary N) is 1. The Morgan fingerprint density at radius 2 is 2.29 bits per heavy atom. The molecule has 42 valence electrons. The van der Waals surface area contributed by atoms with Gasteiger partial charge in [0.05, 0.1) is 5.25 Å². The Hall–Kier alpha value is -0.180. The Morgan fingerprint density at radius 1 is 1.86 bits per heavy atom. The zero-order valence-electron chi connectivity index (χ0n) is 4.43. The molecule has 0 aliphatic carbocycles. The lowest BCUT2D eigenvalue weighted by atomic mass is 10.4. The van der Waals surface area contributed by atoms with Crippen molar-refractivity contribution in [3.05, 3.63) is 0 Å². The van der Waals surface area contributed by atoms with E-state index < -0.39 is 0 Å². The molecule has 0 saturated heterocycles. The maximum Gasteiger partial charge on any atom is 0.232 e. The van der Waals surface area contributed by atoms with Crippen LogP contribution in [0.2, 0.25) is 0 Å². The van der Waals surface area contributed by atoms with Crippen LogP contribution < -0.4 is 5.32 Å². The molecule has 0 fully saturated rings. The lowest BCUT2D eigenvalue weighted by molar-refractivity contribution is -0.119. The summed E-state index contributed by atoms with van der Waals surface area (Å²) >= 11 is 3.86. The molecule has 1 atom stereocenters. The van der Waals surface area contributed by atoms with E-state index in [1.165, 1.54) is 0 Å². The van der Waals surface area contributed by atoms with Crippen LogP contribution in [0.1, 0.15) is 6.92 Å². The number of amides is 1. The largest absolute Gasteiger partial charge is 0.358 e. The van der Waals surface area contributed by atoms with Gasteiger partial charge in [0, 0.05) is 7.05 Å². The van der Waals surface area contributed by atoms with Crippen molar-refractivity contribution < 1.29 is 4.79 Å². The van der Waals surface area contributed by atoms with Gasteiger partial charge in [0.25, 0.3) is 0 Å². The van der Waals surface area contributed by atoms with Crippen molar-refractivity contribution in [3.63, 3.8) is 0 Å². The van der Waals surface area contributed by atoms with Crippen LogP contribution in [0.5, 0.6) is 0 Å². The summed E-state index contributed by atoms with van der Waals surface area (Å²) in [6.45, 7) is 1.72. The van der Waals surface area contributed by atoms with Gasteiger partial charge in [-0.15, -0.1) is 0 Å². The van der Waals surface area contributed by atoms with Crippen LogP contribution in [0, 0.1) is 0 Å². The highest BCUT2D eigenvalue weighted by atomic mass is 32.1. The Labute approximate surface area is 48.7 Å². The molecule has 0 aliphatic heterocycles. The van der Waals surface area contributed by atoms with E-state index in [9.17, 15) is 4.79 Å². The van der Waals surface area contributed by atoms with Gasteiger partial charge in [0.1, 0.15) is 0 Å². The first-order valence-corrected chi connectivity index (χ1v) is 2.59. The molecule has 1 amide bonds. The highest BCUT2D eigenvalue weighted by molar-refractivity contribution is 7.81. The van der Waals surface area contributed by atoms with Crippen LogP contribution >= 0.6 is 12.6 Å². The summed E-state index contributed by atoms with van der Waals surface area (Å²) in [5.41, 5.74) is 0. The molecule has 0 rings (SSSR count). The van der Waals surface area contributed by atoms with Gasteiger partial charge in [-0.05, 0) is 6.92 Å². The average molecular weight is 119 g/mol. The molecule has 0 heterocycles. The summed E-state index contributed by atoms with van der Waals surface area (Å²) in [5, 5.41) is 2.26. The molecule has 0 aromatic heterocycles. The van der Waals surface area contributed by atoms with Crippen molar-refractivity contribution in [1.29, 1.82) is 0 Å². The van der Waals surface area contributed by atoms with Crippen LogP contribution in [0.25, 0.3) is 0 Å². The Bertz CT molecular complexity index is 72.1. The lowest BCUT2D eigenvalue weighted by Gasteiger charge is -1.98. The van der Waals surface area contributed by atoms with Crippen LogP contribution in [-0.4, -0.2) is 18.2 Å². The van der Waals surface area contributed by atoms with Gasteiger partial charge in [0.2, 0.25) is 5.91 Å². The van der Waals surface area contributed by atoms with Gasteiger partial charge >= 0.3 is 0 Å². The molecule has 3 heteroatoms. The molecule has 7 heavy (non-hydrogen) atoms. The molecule has 0 radical (unpaired) electrons. The van der Waals surface area contributed by atoms with Crippen LogP contribution in [0.4, 0.5) is 0 Å². The number of rotatable bonds is 1. The summed E-state index contributed by atoms with van der Waals surface area (Å²) < 4.78 is 0. The van der Waals surface area contributed by atoms with Crippen LogP contribution in [-0.2, 0) is 4.79 Å². The summed E-state index contributed by atoms with van der Waals surface area (Å²) in [7, 11) is 1.59. The normalized spacial score (nSPS) is 13.0. The van der Waals surface area contributed by atoms with Gasteiger partial charge in [0.15, 0.2) is 0 Å². The predicted octanol–water partition coefficient (Wildman–Crippen LogP) is 0.0507. The SMILES string of the molecule is CNC(=O)[C@@H](C)S. The fourth-order valence-corrected chi connectivity index (χ4v) is 0.338. The van der Waals surface area contributed by atoms with E-state index in [2.05, 4.69) is 17.9 Å². The van der Waals surface area contributed by atoms with E-state index in [1.807, 2.05) is 0 Å². The van der Waals surface area contributed by atoms with Gasteiger partial charge < -0.3 is 5.32 Å². The maximum atomic E-state index is 10.3. The van der Waals surface area contributed by atoms with Crippen molar-refractivity contribution in [1.82, 2.24) is 5.32 Å². The van der Waals surface area contributed by atoms with Crippen LogP contribution in [0.3, 0.4) is 0 Å². The second-order valence-corrected chi connectivity index (χ2v) is 2.06. The van der Waals surface area contributed by atoms with Crippen molar-refractivity contribution in [3.8, 4) is 0 Å². The van der Waals surface area contributed by atoms with E-state index in [4.69, 9.17) is 0 Å². The minimum absolute atomic E-state index is 0.0386. The van der Waals surface area contributed by atoms with E-state index in [1.54, 1.807) is 14.0 Å². The molecular formula is C4H9NOS. The van der Waals surface area contributed by atoms with Crippen LogP contribution in [0.15, 0.2) is 0 Å². The molecule has 2 nitrogen and oxygen atoms in total. The third-order valence-electron chi connectivity index (χ3n) is 0.626. The predicted molar refractivity (Wildman–Crippen MR) is 32.5 cm³/mol. The standard InChI is InChI=1S/C4H9NOS/c1-3(7)4(6)5-2/h3,7H,1-2H3,(H,5,6)/t3-/m1/s1. The molecule has 0 spiro atoms. The van der Waals surface area contributed by atoms with Crippen molar-refractivity contribution in [2.24, 2.45) is 0 Å². The number of hydrogen-bond acceptors (Lipinski definition) is 2. The summed E-state index contributed by atoms with van der Waals surface area (Å²) in [5.74, 6) is -0.0386. The zero-order chi connectivity index (χ0) is 5.86. The summed E-state index contributed by atoms with van der Waals surface area (Å²) in [6, 6.07) is 0. The van der Waals surface area contributed by atoms with E-state index >= 15 is 0 Å². The third-order valence-corrected chi connectivity index (χ3v) is 0.860. The van der Waals surface area contributed by atoms with E-state index in [-0.39, 0.29) is 11.2 Å². The van der Waals surface area contributed by atoms with Crippen molar-refractivity contribution in [2.45, 2.75) is 12.2 Å². The fourth-order valence-electron chi connectivity index (χ4n) is 0.209. The van der Waals surface area contributed by atoms with E-state index in [0.29, 0.717) is 0 Å². The minimum Gasteiger partial charge on any atom is -0.358 e. The Balaban J connectivity index is 3.35. The zero-order valence-corrected chi connectivity index (χ0v) is 5.33. The summed E-state index contributed by atoms with van der Waals surface area (Å²) in [6.07, 6.45) is 0. The number of hydrogen-bond donors (Lipinski definition) is 2. The molecular weight excluding hydrogens is 110 g/mol. The van der Waals surface area contributed by atoms with Gasteiger partial charge in [-0.1, -0.05) is 0 Å². The smallest absolute Gasteiger partial charge is 0.232 e. The van der Waals surface area contributed by atoms with Gasteiger partial charge in [-0.25, -0.2) is 0 Å². The monoisotopic (exact) mass is 119 g/mol. The molecule has 0 bridgehead atoms. The fraction of sp³-hybridized carbons (Fsp3) is 0.750. The molecule has 0 aromatic carbocycles. The minimum atomic E-state index is -0.190. The highest BCUT2D eigenvalue weighted by Crippen LogP contribution is 1.88. The summed E-state index contributed by atoms with van der Waals surface area (Å²) in [4.78, 5) is 10.3. The molecule has 0 aromatic rings. The second-order valence-electron chi connectivity index (χ2n) is 1.29. The quantitative estimate of drug-likeness (QED) is 0.469. The molecule has 1 N–H and O–H groups in total. The average Bonchev–Trinajstić information content (AvgIpc) is 1.65. The Kier molecular flexibility index (Phi) is 2.83. The number of thiol groups is 1. The topological polar surface area (TPSA) is 29.1 Å². The first-order valence-electron chi connectivity index (χ1n) is 2.08. The number of carbonyl (C=O) groups is 1. The Morgan fingerprint density at radius 3 is 2.29 bits per heavy atom. The second kappa shape index (κ2) is 2.91. The van der Waals surface area contributed by atoms with Gasteiger partial charge in [-0.2, -0.15) is 12.6 Å². The molecule has 0 aliphatic rings. The third kappa shape index (κ3) is 2.51. The number of carbonyl (C=O) groups excluding carboxylic acids is 1. The van der Waals surface area contributed by atoms with E-state index in [0.717, 1.165) is 0 Å².